The quantitative estimate of drug-likeness (QED) is 0.547. The van der Waals surface area contributed by atoms with E-state index in [1.165, 1.54) is 0 Å². The van der Waals surface area contributed by atoms with Crippen molar-refractivity contribution in [3.05, 3.63) is 60.6 Å². The van der Waals surface area contributed by atoms with Crippen LogP contribution < -0.4 is 14.8 Å². The standard InChI is InChI=1S/C21H18N4O4/c1-13-9-19(29-25-13)15-11-23-21(24-20(15)18-7-4-8-26-18)22-10-14-12-27-16-5-2-3-6-17(16)28-14/h2-9,11,14H,10,12H2,1H3,(H,22,23,24)/t14-/m1/s1. The second-order valence-electron chi connectivity index (χ2n) is 6.64. The number of rotatable bonds is 5. The first kappa shape index (κ1) is 17.3. The Kier molecular flexibility index (Phi) is 4.36. The van der Waals surface area contributed by atoms with Crippen molar-refractivity contribution in [1.82, 2.24) is 15.1 Å². The van der Waals surface area contributed by atoms with Crippen molar-refractivity contribution in [2.24, 2.45) is 0 Å². The van der Waals surface area contributed by atoms with Gasteiger partial charge in [0, 0.05) is 12.3 Å². The number of anilines is 1. The van der Waals surface area contributed by atoms with E-state index in [1.807, 2.05) is 49.4 Å². The van der Waals surface area contributed by atoms with Gasteiger partial charge in [-0.25, -0.2) is 9.97 Å². The molecule has 4 heterocycles. The molecule has 0 saturated carbocycles. The van der Waals surface area contributed by atoms with Gasteiger partial charge in [0.25, 0.3) is 0 Å². The molecular weight excluding hydrogens is 372 g/mol. The molecule has 0 fully saturated rings. The Morgan fingerprint density at radius 1 is 1.10 bits per heavy atom. The van der Waals surface area contributed by atoms with E-state index in [2.05, 4.69) is 20.4 Å². The molecule has 1 aliphatic rings. The monoisotopic (exact) mass is 390 g/mol. The molecule has 0 bridgehead atoms. The largest absolute Gasteiger partial charge is 0.486 e. The summed E-state index contributed by atoms with van der Waals surface area (Å²) in [6.07, 6.45) is 3.14. The summed E-state index contributed by atoms with van der Waals surface area (Å²) in [6, 6.07) is 13.1. The maximum absolute atomic E-state index is 5.97. The summed E-state index contributed by atoms with van der Waals surface area (Å²) in [5.41, 5.74) is 2.11. The van der Waals surface area contributed by atoms with E-state index in [-0.39, 0.29) is 6.10 Å². The first-order valence-corrected chi connectivity index (χ1v) is 9.23. The molecule has 1 atom stereocenters. The summed E-state index contributed by atoms with van der Waals surface area (Å²) in [4.78, 5) is 9.04. The average molecular weight is 390 g/mol. The van der Waals surface area contributed by atoms with Crippen LogP contribution in [-0.4, -0.2) is 34.4 Å². The van der Waals surface area contributed by atoms with Crippen LogP contribution in [0.25, 0.3) is 22.8 Å². The van der Waals surface area contributed by atoms with Crippen LogP contribution in [-0.2, 0) is 0 Å². The van der Waals surface area contributed by atoms with Crippen LogP contribution in [0.3, 0.4) is 0 Å². The summed E-state index contributed by atoms with van der Waals surface area (Å²) in [5.74, 6) is 3.15. The number of aryl methyl sites for hydroxylation is 1. The summed E-state index contributed by atoms with van der Waals surface area (Å²) in [7, 11) is 0. The Morgan fingerprint density at radius 2 is 2.00 bits per heavy atom. The minimum atomic E-state index is -0.155. The summed E-state index contributed by atoms with van der Waals surface area (Å²) >= 11 is 0. The van der Waals surface area contributed by atoms with Crippen molar-refractivity contribution in [1.29, 1.82) is 0 Å². The maximum Gasteiger partial charge on any atom is 0.223 e. The van der Waals surface area contributed by atoms with E-state index in [0.29, 0.717) is 41.9 Å². The molecule has 3 aromatic heterocycles. The van der Waals surface area contributed by atoms with Gasteiger partial charge in [0.15, 0.2) is 23.0 Å². The van der Waals surface area contributed by atoms with E-state index in [4.69, 9.17) is 18.4 Å². The number of benzene rings is 1. The molecule has 146 valence electrons. The molecule has 29 heavy (non-hydrogen) atoms. The third-order valence-corrected chi connectivity index (χ3v) is 4.49. The van der Waals surface area contributed by atoms with Crippen molar-refractivity contribution in [2.45, 2.75) is 13.0 Å². The van der Waals surface area contributed by atoms with E-state index in [9.17, 15) is 0 Å². The normalized spacial score (nSPS) is 15.3. The highest BCUT2D eigenvalue weighted by molar-refractivity contribution is 5.75. The lowest BCUT2D eigenvalue weighted by molar-refractivity contribution is 0.0996. The number of nitrogens with zero attached hydrogens (tertiary/aromatic N) is 3. The van der Waals surface area contributed by atoms with Gasteiger partial charge >= 0.3 is 0 Å². The fourth-order valence-corrected chi connectivity index (χ4v) is 3.11. The molecule has 0 unspecified atom stereocenters. The van der Waals surface area contributed by atoms with Crippen molar-refractivity contribution in [2.75, 3.05) is 18.5 Å². The third-order valence-electron chi connectivity index (χ3n) is 4.49. The Labute approximate surface area is 166 Å². The van der Waals surface area contributed by atoms with Gasteiger partial charge in [-0.05, 0) is 31.2 Å². The van der Waals surface area contributed by atoms with E-state index >= 15 is 0 Å². The van der Waals surface area contributed by atoms with Gasteiger partial charge in [0.2, 0.25) is 5.95 Å². The number of aromatic nitrogens is 3. The number of ether oxygens (including phenoxy) is 2. The van der Waals surface area contributed by atoms with Crippen molar-refractivity contribution in [3.63, 3.8) is 0 Å². The molecule has 1 aromatic carbocycles. The SMILES string of the molecule is Cc1cc(-c2cnc(NC[C@@H]3COc4ccccc4O3)nc2-c2ccco2)on1. The molecule has 1 aliphatic heterocycles. The molecular formula is C21H18N4O4. The number of hydrogen-bond acceptors (Lipinski definition) is 8. The molecule has 1 N–H and O–H groups in total. The molecule has 4 aromatic rings. The molecule has 5 rings (SSSR count). The Hall–Kier alpha value is -3.81. The summed E-state index contributed by atoms with van der Waals surface area (Å²) < 4.78 is 22.7. The van der Waals surface area contributed by atoms with Gasteiger partial charge < -0.3 is 23.7 Å². The summed E-state index contributed by atoms with van der Waals surface area (Å²) in [6.45, 7) is 2.80. The van der Waals surface area contributed by atoms with Crippen LogP contribution in [0, 0.1) is 6.92 Å². The van der Waals surface area contributed by atoms with E-state index in [0.717, 1.165) is 17.2 Å². The molecule has 8 nitrogen and oxygen atoms in total. The van der Waals surface area contributed by atoms with E-state index in [1.54, 1.807) is 12.5 Å². The zero-order valence-corrected chi connectivity index (χ0v) is 15.7. The molecule has 0 aliphatic carbocycles. The van der Waals surface area contributed by atoms with Gasteiger partial charge in [-0.15, -0.1) is 0 Å². The van der Waals surface area contributed by atoms with Gasteiger partial charge in [-0.2, -0.15) is 0 Å². The number of nitrogens with one attached hydrogen (secondary N) is 1. The minimum absolute atomic E-state index is 0.155. The van der Waals surface area contributed by atoms with Crippen molar-refractivity contribution < 1.29 is 18.4 Å². The van der Waals surface area contributed by atoms with E-state index < -0.39 is 0 Å². The Morgan fingerprint density at radius 3 is 2.79 bits per heavy atom. The third kappa shape index (κ3) is 3.52. The molecule has 0 spiro atoms. The van der Waals surface area contributed by atoms with Crippen LogP contribution >= 0.6 is 0 Å². The highest BCUT2D eigenvalue weighted by atomic mass is 16.6. The molecule has 8 heteroatoms. The number of furan rings is 1. The van der Waals surface area contributed by atoms with Crippen LogP contribution in [0.2, 0.25) is 0 Å². The number of hydrogen-bond donors (Lipinski definition) is 1. The lowest BCUT2D eigenvalue weighted by Crippen LogP contribution is -2.35. The lowest BCUT2D eigenvalue weighted by Gasteiger charge is -2.26. The molecule has 0 amide bonds. The molecule has 0 radical (unpaired) electrons. The highest BCUT2D eigenvalue weighted by Gasteiger charge is 2.22. The van der Waals surface area contributed by atoms with Crippen LogP contribution in [0.1, 0.15) is 5.69 Å². The minimum Gasteiger partial charge on any atom is -0.486 e. The Bertz CT molecular complexity index is 1120. The fraction of sp³-hybridized carbons (Fsp3) is 0.190. The first-order valence-electron chi connectivity index (χ1n) is 9.23. The highest BCUT2D eigenvalue weighted by Crippen LogP contribution is 2.32. The first-order chi connectivity index (χ1) is 14.3. The van der Waals surface area contributed by atoms with Crippen LogP contribution in [0.5, 0.6) is 11.5 Å². The number of fused-ring (bicyclic) bond motifs is 1. The fourth-order valence-electron chi connectivity index (χ4n) is 3.11. The Balaban J connectivity index is 1.37. The average Bonchev–Trinajstić information content (AvgIpc) is 3.44. The van der Waals surface area contributed by atoms with Gasteiger partial charge in [0.05, 0.1) is 24.1 Å². The van der Waals surface area contributed by atoms with Gasteiger partial charge in [-0.1, -0.05) is 17.3 Å². The smallest absolute Gasteiger partial charge is 0.223 e. The second-order valence-corrected chi connectivity index (χ2v) is 6.64. The van der Waals surface area contributed by atoms with Crippen LogP contribution in [0.4, 0.5) is 5.95 Å². The number of para-hydroxylation sites is 2. The summed E-state index contributed by atoms with van der Waals surface area (Å²) in [5, 5.41) is 7.16. The predicted molar refractivity (Wildman–Crippen MR) is 105 cm³/mol. The topological polar surface area (TPSA) is 95.4 Å². The van der Waals surface area contributed by atoms with Gasteiger partial charge in [0.1, 0.15) is 18.4 Å². The van der Waals surface area contributed by atoms with Crippen molar-refractivity contribution in [3.8, 4) is 34.3 Å². The lowest BCUT2D eigenvalue weighted by atomic mass is 10.1. The van der Waals surface area contributed by atoms with Gasteiger partial charge in [-0.3, -0.25) is 0 Å². The maximum atomic E-state index is 5.97. The predicted octanol–water partition coefficient (Wildman–Crippen LogP) is 3.95. The zero-order valence-electron chi connectivity index (χ0n) is 15.7. The van der Waals surface area contributed by atoms with Crippen molar-refractivity contribution >= 4 is 5.95 Å². The second kappa shape index (κ2) is 7.31. The molecule has 0 saturated heterocycles. The van der Waals surface area contributed by atoms with Crippen LogP contribution in [0.15, 0.2) is 63.9 Å². The zero-order chi connectivity index (χ0) is 19.6.